The molecule has 0 saturated carbocycles. The van der Waals surface area contributed by atoms with Crippen LogP contribution in [0, 0.1) is 6.92 Å². The highest BCUT2D eigenvalue weighted by Crippen LogP contribution is 2.22. The van der Waals surface area contributed by atoms with Crippen molar-refractivity contribution in [2.24, 2.45) is 0 Å². The Kier molecular flexibility index (Phi) is 4.61. The van der Waals surface area contributed by atoms with Crippen molar-refractivity contribution in [3.05, 3.63) is 22.3 Å². The van der Waals surface area contributed by atoms with E-state index in [-0.39, 0.29) is 5.75 Å². The van der Waals surface area contributed by atoms with Gasteiger partial charge in [0.05, 0.1) is 10.8 Å². The molecule has 1 heterocycles. The predicted octanol–water partition coefficient (Wildman–Crippen LogP) is 2.29. The van der Waals surface area contributed by atoms with Crippen molar-refractivity contribution in [2.75, 3.05) is 17.8 Å². The van der Waals surface area contributed by atoms with Gasteiger partial charge in [0, 0.05) is 22.7 Å². The zero-order chi connectivity index (χ0) is 11.5. The molecule has 1 rings (SSSR count). The van der Waals surface area contributed by atoms with Gasteiger partial charge in [-0.25, -0.2) is 13.4 Å². The number of hydrogen-bond acceptors (Lipinski definition) is 4. The lowest BCUT2D eigenvalue weighted by Crippen LogP contribution is -2.05. The first-order valence-electron chi connectivity index (χ1n) is 4.31. The summed E-state index contributed by atoms with van der Waals surface area (Å²) in [4.78, 5) is 4.22. The van der Waals surface area contributed by atoms with Crippen LogP contribution in [0.4, 0.5) is 0 Å². The van der Waals surface area contributed by atoms with Gasteiger partial charge in [-0.2, -0.15) is 0 Å². The van der Waals surface area contributed by atoms with Gasteiger partial charge in [0.1, 0.15) is 9.84 Å². The van der Waals surface area contributed by atoms with Crippen molar-refractivity contribution in [2.45, 2.75) is 11.9 Å². The monoisotopic (exact) mass is 309 g/mol. The molecule has 0 unspecified atom stereocenters. The van der Waals surface area contributed by atoms with Gasteiger partial charge < -0.3 is 0 Å². The smallest absolute Gasteiger partial charge is 0.148 e. The van der Waals surface area contributed by atoms with Crippen LogP contribution in [-0.4, -0.2) is 31.2 Å². The molecule has 0 bridgehead atoms. The van der Waals surface area contributed by atoms with E-state index in [0.29, 0.717) is 5.75 Å². The molecule has 0 N–H and O–H groups in total. The summed E-state index contributed by atoms with van der Waals surface area (Å²) in [5, 5.41) is 0.891. The average Bonchev–Trinajstić information content (AvgIpc) is 2.07. The van der Waals surface area contributed by atoms with Crippen LogP contribution in [0.5, 0.6) is 0 Å². The third-order valence-electron chi connectivity index (χ3n) is 1.69. The highest BCUT2D eigenvalue weighted by molar-refractivity contribution is 9.10. The molecule has 6 heteroatoms. The number of aromatic nitrogens is 1. The molecule has 0 atom stereocenters. The maximum absolute atomic E-state index is 10.9. The largest absolute Gasteiger partial charge is 0.248 e. The van der Waals surface area contributed by atoms with Gasteiger partial charge >= 0.3 is 0 Å². The van der Waals surface area contributed by atoms with Crippen molar-refractivity contribution < 1.29 is 8.42 Å². The van der Waals surface area contributed by atoms with E-state index in [1.54, 1.807) is 6.20 Å². The molecule has 0 spiro atoms. The number of aryl methyl sites for hydroxylation is 1. The van der Waals surface area contributed by atoms with Gasteiger partial charge in [0.25, 0.3) is 0 Å². The summed E-state index contributed by atoms with van der Waals surface area (Å²) in [5.74, 6) is 0.739. The topological polar surface area (TPSA) is 47.0 Å². The Hall–Kier alpha value is -0.0700. The van der Waals surface area contributed by atoms with Crippen LogP contribution >= 0.6 is 27.7 Å². The molecule has 0 amide bonds. The first-order valence-corrected chi connectivity index (χ1v) is 8.15. The summed E-state index contributed by atoms with van der Waals surface area (Å²) in [5.41, 5.74) is 1.06. The van der Waals surface area contributed by atoms with Gasteiger partial charge in [-0.05, 0) is 34.5 Å². The Balaban J connectivity index is 2.59. The van der Waals surface area contributed by atoms with Crippen molar-refractivity contribution in [3.8, 4) is 0 Å². The van der Waals surface area contributed by atoms with Crippen LogP contribution in [-0.2, 0) is 9.84 Å². The Labute approximate surface area is 103 Å². The standard InChI is InChI=1S/C9H12BrNO2S2/c1-7-5-8(10)6-11-9(7)14-3-4-15(2,12)13/h5-6H,3-4H2,1-2H3. The molecule has 3 nitrogen and oxygen atoms in total. The Morgan fingerprint density at radius 3 is 2.73 bits per heavy atom. The molecule has 1 aromatic heterocycles. The number of pyridine rings is 1. The number of thioether (sulfide) groups is 1. The van der Waals surface area contributed by atoms with E-state index in [2.05, 4.69) is 20.9 Å². The molecule has 0 aliphatic carbocycles. The van der Waals surface area contributed by atoms with E-state index in [9.17, 15) is 8.42 Å². The fourth-order valence-electron chi connectivity index (χ4n) is 0.969. The number of rotatable bonds is 4. The lowest BCUT2D eigenvalue weighted by atomic mass is 10.3. The second-order valence-electron chi connectivity index (χ2n) is 3.25. The number of nitrogens with zero attached hydrogens (tertiary/aromatic N) is 1. The van der Waals surface area contributed by atoms with Gasteiger partial charge in [-0.1, -0.05) is 0 Å². The van der Waals surface area contributed by atoms with E-state index >= 15 is 0 Å². The maximum atomic E-state index is 10.9. The Morgan fingerprint density at radius 1 is 1.53 bits per heavy atom. The van der Waals surface area contributed by atoms with Gasteiger partial charge in [0.15, 0.2) is 0 Å². The molecule has 84 valence electrons. The van der Waals surface area contributed by atoms with Gasteiger partial charge in [-0.15, -0.1) is 11.8 Å². The first kappa shape index (κ1) is 13.0. The number of sulfone groups is 1. The SMILES string of the molecule is Cc1cc(Br)cnc1SCCS(C)(=O)=O. The quantitative estimate of drug-likeness (QED) is 0.801. The second-order valence-corrected chi connectivity index (χ2v) is 7.51. The molecule has 1 aromatic rings. The van der Waals surface area contributed by atoms with E-state index in [1.807, 2.05) is 13.0 Å². The molecule has 0 saturated heterocycles. The summed E-state index contributed by atoms with van der Waals surface area (Å²) >= 11 is 4.80. The second kappa shape index (κ2) is 5.32. The summed E-state index contributed by atoms with van der Waals surface area (Å²) in [6, 6.07) is 1.97. The van der Waals surface area contributed by atoms with Crippen molar-refractivity contribution in [3.63, 3.8) is 0 Å². The summed E-state index contributed by atoms with van der Waals surface area (Å²) < 4.78 is 22.8. The van der Waals surface area contributed by atoms with Crippen LogP contribution in [0.2, 0.25) is 0 Å². The zero-order valence-electron chi connectivity index (χ0n) is 8.53. The molecular weight excluding hydrogens is 298 g/mol. The first-order chi connectivity index (χ1) is 6.88. The summed E-state index contributed by atoms with van der Waals surface area (Å²) in [7, 11) is -2.87. The lowest BCUT2D eigenvalue weighted by molar-refractivity contribution is 0.603. The van der Waals surface area contributed by atoms with E-state index in [0.717, 1.165) is 15.1 Å². The average molecular weight is 310 g/mol. The Morgan fingerprint density at radius 2 is 2.20 bits per heavy atom. The maximum Gasteiger partial charge on any atom is 0.148 e. The van der Waals surface area contributed by atoms with Crippen LogP contribution in [0.15, 0.2) is 21.8 Å². The van der Waals surface area contributed by atoms with E-state index in [4.69, 9.17) is 0 Å². The molecule has 0 aliphatic heterocycles. The van der Waals surface area contributed by atoms with Gasteiger partial charge in [-0.3, -0.25) is 0 Å². The zero-order valence-corrected chi connectivity index (χ0v) is 11.7. The Bertz CT molecular complexity index is 445. The highest BCUT2D eigenvalue weighted by Gasteiger charge is 2.05. The summed E-state index contributed by atoms with van der Waals surface area (Å²) in [6.45, 7) is 1.96. The molecule has 0 aliphatic rings. The summed E-state index contributed by atoms with van der Waals surface area (Å²) in [6.07, 6.45) is 2.96. The number of halogens is 1. The van der Waals surface area contributed by atoms with Crippen LogP contribution in [0.25, 0.3) is 0 Å². The molecule has 0 fully saturated rings. The van der Waals surface area contributed by atoms with Crippen molar-refractivity contribution in [1.29, 1.82) is 0 Å². The highest BCUT2D eigenvalue weighted by atomic mass is 79.9. The minimum atomic E-state index is -2.87. The third-order valence-corrected chi connectivity index (χ3v) is 4.44. The van der Waals surface area contributed by atoms with E-state index < -0.39 is 9.84 Å². The van der Waals surface area contributed by atoms with Crippen molar-refractivity contribution >= 4 is 37.5 Å². The van der Waals surface area contributed by atoms with E-state index in [1.165, 1.54) is 18.0 Å². The van der Waals surface area contributed by atoms with Crippen LogP contribution in [0.3, 0.4) is 0 Å². The molecule has 15 heavy (non-hydrogen) atoms. The van der Waals surface area contributed by atoms with Crippen molar-refractivity contribution in [1.82, 2.24) is 4.98 Å². The minimum Gasteiger partial charge on any atom is -0.248 e. The number of hydrogen-bond donors (Lipinski definition) is 0. The predicted molar refractivity (Wildman–Crippen MR) is 67.1 cm³/mol. The third kappa shape index (κ3) is 4.99. The van der Waals surface area contributed by atoms with Gasteiger partial charge in [0.2, 0.25) is 0 Å². The lowest BCUT2D eigenvalue weighted by Gasteiger charge is -2.03. The fraction of sp³-hybridized carbons (Fsp3) is 0.444. The fourth-order valence-corrected chi connectivity index (χ4v) is 3.57. The minimum absolute atomic E-state index is 0.189. The normalized spacial score (nSPS) is 11.7. The molecular formula is C9H12BrNO2S2. The van der Waals surface area contributed by atoms with Crippen LogP contribution in [0.1, 0.15) is 5.56 Å². The van der Waals surface area contributed by atoms with Crippen LogP contribution < -0.4 is 0 Å². The molecule has 0 aromatic carbocycles. The molecule has 0 radical (unpaired) electrons.